The molecular formula is C8H9Cl2Ti. The van der Waals surface area contributed by atoms with Crippen molar-refractivity contribution >= 4 is 0 Å². The Bertz CT molecular complexity index is 150. The summed E-state index contributed by atoms with van der Waals surface area (Å²) in [6.07, 6.45) is 11.3. The van der Waals surface area contributed by atoms with Crippen LogP contribution in [0.15, 0.2) is 30.4 Å². The van der Waals surface area contributed by atoms with Gasteiger partial charge < -0.3 is 24.8 Å². The van der Waals surface area contributed by atoms with E-state index in [9.17, 15) is 0 Å². The van der Waals surface area contributed by atoms with Crippen LogP contribution in [-0.4, -0.2) is 0 Å². The second-order valence-electron chi connectivity index (χ2n) is 1.80. The average Bonchev–Trinajstić information content (AvgIpc) is 2.19. The normalized spacial score (nSPS) is 11.8. The molecule has 0 amide bonds. The van der Waals surface area contributed by atoms with Crippen LogP contribution in [-0.2, 0) is 21.7 Å². The van der Waals surface area contributed by atoms with Crippen LogP contribution in [0.5, 0.6) is 0 Å². The first-order valence-electron chi connectivity index (χ1n) is 2.80. The second kappa shape index (κ2) is 10.5. The van der Waals surface area contributed by atoms with E-state index in [0.29, 0.717) is 0 Å². The van der Waals surface area contributed by atoms with Gasteiger partial charge in [0.05, 0.1) is 0 Å². The average molecular weight is 224 g/mol. The predicted molar refractivity (Wildman–Crippen MR) is 35.3 cm³/mol. The van der Waals surface area contributed by atoms with Crippen LogP contribution >= 0.6 is 0 Å². The molecule has 0 aromatic rings. The molecule has 0 saturated carbocycles. The molecule has 0 N–H and O–H groups in total. The fourth-order valence-electron chi connectivity index (χ4n) is 0.746. The summed E-state index contributed by atoms with van der Waals surface area (Å²) in [5.74, 6) is 0. The Labute approximate surface area is 95.5 Å². The van der Waals surface area contributed by atoms with Crippen molar-refractivity contribution in [2.24, 2.45) is 0 Å². The molecule has 1 radical (unpaired) electrons. The van der Waals surface area contributed by atoms with Gasteiger partial charge in [0, 0.05) is 0 Å². The minimum Gasteiger partial charge on any atom is -1.00 e. The molecule has 1 aliphatic rings. The standard InChI is InChI=1S/C8H9.2ClH.Ti/c1-2-5-8-6-3-4-7-8;;;/h2-3,6H,1,4-5H2;2*1H;/q-1;;;+3/p-2. The Morgan fingerprint density at radius 2 is 2.18 bits per heavy atom. The minimum absolute atomic E-state index is 0. The van der Waals surface area contributed by atoms with E-state index in [1.165, 1.54) is 5.57 Å². The van der Waals surface area contributed by atoms with Crippen molar-refractivity contribution < 1.29 is 46.5 Å². The third-order valence-corrected chi connectivity index (χ3v) is 1.13. The van der Waals surface area contributed by atoms with Gasteiger partial charge in [-0.25, -0.2) is 11.6 Å². The van der Waals surface area contributed by atoms with Crippen LogP contribution in [0.2, 0.25) is 0 Å². The van der Waals surface area contributed by atoms with Crippen molar-refractivity contribution in [2.45, 2.75) is 12.8 Å². The molecule has 0 aliphatic heterocycles. The largest absolute Gasteiger partial charge is 3.00 e. The molecular weight excluding hydrogens is 215 g/mol. The SMILES string of the molecule is C=CCC1=[C-]CC=C1.[Cl-].[Cl-].[Ti+3]. The molecule has 0 bridgehead atoms. The maximum Gasteiger partial charge on any atom is 3.00 e. The van der Waals surface area contributed by atoms with E-state index in [1.54, 1.807) is 0 Å². The van der Waals surface area contributed by atoms with Gasteiger partial charge in [0.25, 0.3) is 0 Å². The fraction of sp³-hybridized carbons (Fsp3) is 0.250. The van der Waals surface area contributed by atoms with Crippen molar-refractivity contribution in [3.05, 3.63) is 36.5 Å². The summed E-state index contributed by atoms with van der Waals surface area (Å²) in [4.78, 5) is 0. The summed E-state index contributed by atoms with van der Waals surface area (Å²) in [7, 11) is 0. The summed E-state index contributed by atoms with van der Waals surface area (Å²) in [6.45, 7) is 3.63. The number of allylic oxidation sites excluding steroid dienone is 5. The number of rotatable bonds is 2. The summed E-state index contributed by atoms with van der Waals surface area (Å²) < 4.78 is 0. The van der Waals surface area contributed by atoms with Crippen molar-refractivity contribution in [1.82, 2.24) is 0 Å². The molecule has 0 heterocycles. The van der Waals surface area contributed by atoms with Gasteiger partial charge in [0.15, 0.2) is 0 Å². The van der Waals surface area contributed by atoms with E-state index in [-0.39, 0.29) is 46.5 Å². The van der Waals surface area contributed by atoms with Crippen LogP contribution in [0.4, 0.5) is 0 Å². The zero-order valence-corrected chi connectivity index (χ0v) is 9.18. The van der Waals surface area contributed by atoms with Gasteiger partial charge in [0.1, 0.15) is 0 Å². The van der Waals surface area contributed by atoms with E-state index in [2.05, 4.69) is 24.8 Å². The Balaban J connectivity index is -0.000000213. The number of hydrogen-bond donors (Lipinski definition) is 0. The predicted octanol–water partition coefficient (Wildman–Crippen LogP) is -3.74. The smallest absolute Gasteiger partial charge is 1.00 e. The van der Waals surface area contributed by atoms with Gasteiger partial charge in [0.2, 0.25) is 0 Å². The molecule has 0 aromatic carbocycles. The second-order valence-corrected chi connectivity index (χ2v) is 1.80. The molecule has 0 spiro atoms. The third kappa shape index (κ3) is 6.89. The van der Waals surface area contributed by atoms with Crippen molar-refractivity contribution in [2.75, 3.05) is 0 Å². The van der Waals surface area contributed by atoms with Crippen LogP contribution in [0.1, 0.15) is 12.8 Å². The molecule has 0 saturated heterocycles. The van der Waals surface area contributed by atoms with Gasteiger partial charge in [-0.3, -0.25) is 6.08 Å². The van der Waals surface area contributed by atoms with E-state index in [4.69, 9.17) is 0 Å². The van der Waals surface area contributed by atoms with Gasteiger partial charge in [-0.2, -0.15) is 6.08 Å². The van der Waals surface area contributed by atoms with Gasteiger partial charge >= 0.3 is 21.7 Å². The quantitative estimate of drug-likeness (QED) is 0.257. The number of hydrogen-bond acceptors (Lipinski definition) is 0. The molecule has 1 aliphatic carbocycles. The Morgan fingerprint density at radius 3 is 2.55 bits per heavy atom. The Kier molecular flexibility index (Phi) is 16.8. The fourth-order valence-corrected chi connectivity index (χ4v) is 0.746. The summed E-state index contributed by atoms with van der Waals surface area (Å²) in [6, 6.07) is 0. The molecule has 3 heteroatoms. The van der Waals surface area contributed by atoms with E-state index >= 15 is 0 Å². The van der Waals surface area contributed by atoms with Gasteiger partial charge in [-0.15, -0.1) is 13.0 Å². The summed E-state index contributed by atoms with van der Waals surface area (Å²) in [5, 5.41) is 0. The molecule has 1 rings (SSSR count). The monoisotopic (exact) mass is 223 g/mol. The summed E-state index contributed by atoms with van der Waals surface area (Å²) in [5.41, 5.74) is 1.28. The maximum absolute atomic E-state index is 3.63. The molecule has 0 fully saturated rings. The maximum atomic E-state index is 3.63. The van der Waals surface area contributed by atoms with Crippen LogP contribution in [0, 0.1) is 6.08 Å². The molecule has 59 valence electrons. The van der Waals surface area contributed by atoms with E-state index < -0.39 is 0 Å². The molecule has 11 heavy (non-hydrogen) atoms. The van der Waals surface area contributed by atoms with Crippen molar-refractivity contribution in [3.8, 4) is 0 Å². The van der Waals surface area contributed by atoms with Gasteiger partial charge in [-0.1, -0.05) is 6.08 Å². The molecule has 0 aromatic heterocycles. The van der Waals surface area contributed by atoms with Crippen molar-refractivity contribution in [3.63, 3.8) is 0 Å². The van der Waals surface area contributed by atoms with Crippen LogP contribution in [0.25, 0.3) is 0 Å². The zero-order chi connectivity index (χ0) is 5.82. The van der Waals surface area contributed by atoms with Crippen molar-refractivity contribution in [1.29, 1.82) is 0 Å². The zero-order valence-electron chi connectivity index (χ0n) is 6.11. The van der Waals surface area contributed by atoms with E-state index in [1.807, 2.05) is 6.08 Å². The Hall–Kier alpha value is 0.514. The molecule has 0 nitrogen and oxygen atoms in total. The Morgan fingerprint density at radius 1 is 1.55 bits per heavy atom. The first-order valence-corrected chi connectivity index (χ1v) is 2.80. The van der Waals surface area contributed by atoms with E-state index in [0.717, 1.165) is 12.8 Å². The topological polar surface area (TPSA) is 0 Å². The molecule has 0 atom stereocenters. The first kappa shape index (κ1) is 17.6. The number of halogens is 2. The minimum atomic E-state index is 0. The van der Waals surface area contributed by atoms with Gasteiger partial charge in [-0.05, 0) is 6.42 Å². The summed E-state index contributed by atoms with van der Waals surface area (Å²) >= 11 is 0. The third-order valence-electron chi connectivity index (χ3n) is 1.13. The first-order chi connectivity index (χ1) is 3.93. The van der Waals surface area contributed by atoms with Crippen LogP contribution < -0.4 is 24.8 Å². The molecule has 0 unspecified atom stereocenters. The van der Waals surface area contributed by atoms with Crippen LogP contribution in [0.3, 0.4) is 0 Å².